The zero-order valence-corrected chi connectivity index (χ0v) is 24.0. The Balaban J connectivity index is 0.00000648. The molecule has 10 heteroatoms. The minimum Gasteiger partial charge on any atom is -0.481 e. The zero-order chi connectivity index (χ0) is 26.0. The van der Waals surface area contributed by atoms with E-state index in [1.165, 1.54) is 6.08 Å². The minimum absolute atomic E-state index is 0. The molecule has 0 spiro atoms. The number of aliphatic hydroxyl groups excluding tert-OH is 3. The van der Waals surface area contributed by atoms with Crippen LogP contribution in [-0.4, -0.2) is 112 Å². The Morgan fingerprint density at radius 3 is 2.44 bits per heavy atom. The molecular formula is C26H42NaO9. The molecule has 2 heterocycles. The molecule has 1 radical (unpaired) electrons. The van der Waals surface area contributed by atoms with E-state index in [-0.39, 0.29) is 60.0 Å². The van der Waals surface area contributed by atoms with E-state index in [2.05, 4.69) is 0 Å². The van der Waals surface area contributed by atoms with Crippen LogP contribution in [0.3, 0.4) is 0 Å². The molecule has 201 valence electrons. The summed E-state index contributed by atoms with van der Waals surface area (Å²) >= 11 is 0. The van der Waals surface area contributed by atoms with Gasteiger partial charge in [0, 0.05) is 53.9 Å². The van der Waals surface area contributed by atoms with Gasteiger partial charge in [0.2, 0.25) is 0 Å². The molecule has 0 bridgehead atoms. The average Bonchev–Trinajstić information content (AvgIpc) is 3.55. The molecule has 2 aliphatic heterocycles. The van der Waals surface area contributed by atoms with Crippen LogP contribution < -0.4 is 0 Å². The van der Waals surface area contributed by atoms with E-state index >= 15 is 0 Å². The average molecular weight is 522 g/mol. The van der Waals surface area contributed by atoms with Crippen molar-refractivity contribution >= 4 is 41.5 Å². The first-order valence-electron chi connectivity index (χ1n) is 12.6. The molecule has 0 aliphatic carbocycles. The number of aliphatic hydroxyl groups is 3. The summed E-state index contributed by atoms with van der Waals surface area (Å²) in [7, 11) is 0. The number of hydrogen-bond acceptors (Lipinski definition) is 8. The van der Waals surface area contributed by atoms with E-state index in [9.17, 15) is 24.9 Å². The summed E-state index contributed by atoms with van der Waals surface area (Å²) in [5, 5.41) is 39.4. The molecule has 8 atom stereocenters. The van der Waals surface area contributed by atoms with Gasteiger partial charge < -0.3 is 34.6 Å². The first-order chi connectivity index (χ1) is 16.6. The van der Waals surface area contributed by atoms with Crippen LogP contribution in [0, 0.1) is 11.8 Å². The molecule has 9 nitrogen and oxygen atoms in total. The fraction of sp³-hybridized carbons (Fsp3) is 0.769. The van der Waals surface area contributed by atoms with Gasteiger partial charge in [0.15, 0.2) is 0 Å². The van der Waals surface area contributed by atoms with Crippen molar-refractivity contribution in [1.29, 1.82) is 0 Å². The molecule has 0 aromatic rings. The van der Waals surface area contributed by atoms with Crippen LogP contribution >= 0.6 is 0 Å². The van der Waals surface area contributed by atoms with Crippen molar-refractivity contribution < 1.29 is 44.2 Å². The maximum atomic E-state index is 12.0. The van der Waals surface area contributed by atoms with Crippen LogP contribution in [0.4, 0.5) is 0 Å². The van der Waals surface area contributed by atoms with E-state index in [0.717, 1.165) is 12.8 Å². The Labute approximate surface area is 236 Å². The molecule has 0 saturated carbocycles. The van der Waals surface area contributed by atoms with Gasteiger partial charge >= 0.3 is 11.9 Å². The minimum atomic E-state index is -1.07. The summed E-state index contributed by atoms with van der Waals surface area (Å²) in [6, 6.07) is 0. The Kier molecular flexibility index (Phi) is 15.6. The van der Waals surface area contributed by atoms with Crippen molar-refractivity contribution in [3.8, 4) is 0 Å². The van der Waals surface area contributed by atoms with Gasteiger partial charge in [-0.1, -0.05) is 24.6 Å². The van der Waals surface area contributed by atoms with Crippen LogP contribution in [0.15, 0.2) is 23.8 Å². The molecule has 0 aromatic carbocycles. The molecule has 2 rings (SSSR count). The molecule has 2 fully saturated rings. The van der Waals surface area contributed by atoms with Gasteiger partial charge in [-0.05, 0) is 52.4 Å². The molecule has 2 saturated heterocycles. The van der Waals surface area contributed by atoms with E-state index in [0.29, 0.717) is 44.5 Å². The molecule has 0 amide bonds. The number of carboxylic acid groups (broad SMARTS) is 1. The van der Waals surface area contributed by atoms with Crippen LogP contribution in [-0.2, 0) is 23.8 Å². The SMILES string of the molecule is C/C(=C\C(=O)OCCCC/C=C/CCC(=O)O)C[C@@H]1OC[C@H](C[C@@H]2O[C@H]2[C@@H](C)[C@H](C)O)[C@@H](O)[C@H]1O.[Na]. The number of hydrogen-bond donors (Lipinski definition) is 4. The van der Waals surface area contributed by atoms with Gasteiger partial charge in [0.05, 0.1) is 43.7 Å². The predicted molar refractivity (Wildman–Crippen MR) is 134 cm³/mol. The monoisotopic (exact) mass is 521 g/mol. The van der Waals surface area contributed by atoms with Gasteiger partial charge in [-0.3, -0.25) is 4.79 Å². The first-order valence-corrected chi connectivity index (χ1v) is 12.6. The fourth-order valence-electron chi connectivity index (χ4n) is 4.31. The Morgan fingerprint density at radius 2 is 1.78 bits per heavy atom. The molecule has 0 aromatic heterocycles. The van der Waals surface area contributed by atoms with Gasteiger partial charge in [0.1, 0.15) is 6.10 Å². The molecule has 4 N–H and O–H groups in total. The van der Waals surface area contributed by atoms with E-state index < -0.39 is 36.4 Å². The third-order valence-electron chi connectivity index (χ3n) is 6.76. The zero-order valence-electron chi connectivity index (χ0n) is 22.0. The van der Waals surface area contributed by atoms with Crippen molar-refractivity contribution in [2.24, 2.45) is 11.8 Å². The Hall–Kier alpha value is -0.780. The van der Waals surface area contributed by atoms with Crippen LogP contribution in [0.5, 0.6) is 0 Å². The third-order valence-corrected chi connectivity index (χ3v) is 6.76. The molecule has 2 aliphatic rings. The van der Waals surface area contributed by atoms with E-state index in [1.807, 2.05) is 19.1 Å². The second kappa shape index (κ2) is 16.9. The summed E-state index contributed by atoms with van der Waals surface area (Å²) in [6.07, 6.45) is 5.88. The molecule has 36 heavy (non-hydrogen) atoms. The molecular weight excluding hydrogens is 479 g/mol. The fourth-order valence-corrected chi connectivity index (χ4v) is 4.31. The number of carbonyl (C=O) groups excluding carboxylic acids is 1. The van der Waals surface area contributed by atoms with Crippen molar-refractivity contribution in [1.82, 2.24) is 0 Å². The maximum Gasteiger partial charge on any atom is 0.330 e. The third kappa shape index (κ3) is 11.7. The number of unbranched alkanes of at least 4 members (excludes halogenated alkanes) is 2. The second-order valence-electron chi connectivity index (χ2n) is 9.85. The van der Waals surface area contributed by atoms with Crippen molar-refractivity contribution in [2.75, 3.05) is 13.2 Å². The Bertz CT molecular complexity index is 739. The summed E-state index contributed by atoms with van der Waals surface area (Å²) in [4.78, 5) is 22.5. The van der Waals surface area contributed by atoms with Crippen LogP contribution in [0.25, 0.3) is 0 Å². The number of aliphatic carboxylic acids is 1. The number of esters is 1. The number of carbonyl (C=O) groups is 2. The smallest absolute Gasteiger partial charge is 0.330 e. The number of epoxide rings is 1. The summed E-state index contributed by atoms with van der Waals surface area (Å²) in [5.41, 5.74) is 0.697. The van der Waals surface area contributed by atoms with Gasteiger partial charge in [-0.2, -0.15) is 0 Å². The quantitative estimate of drug-likeness (QED) is 0.0634. The number of carboxylic acids is 1. The largest absolute Gasteiger partial charge is 0.481 e. The normalized spacial score (nSPS) is 29.9. The topological polar surface area (TPSA) is 146 Å². The first kappa shape index (κ1) is 33.2. The van der Waals surface area contributed by atoms with Gasteiger partial charge in [0.25, 0.3) is 0 Å². The Morgan fingerprint density at radius 1 is 1.08 bits per heavy atom. The van der Waals surface area contributed by atoms with E-state index in [1.54, 1.807) is 13.8 Å². The summed E-state index contributed by atoms with van der Waals surface area (Å²) in [5.74, 6) is -1.50. The second-order valence-corrected chi connectivity index (χ2v) is 9.85. The van der Waals surface area contributed by atoms with Crippen LogP contribution in [0.2, 0.25) is 0 Å². The number of ether oxygens (including phenoxy) is 3. The van der Waals surface area contributed by atoms with Gasteiger partial charge in [-0.15, -0.1) is 0 Å². The summed E-state index contributed by atoms with van der Waals surface area (Å²) < 4.78 is 16.7. The maximum absolute atomic E-state index is 12.0. The standard InChI is InChI=1S/C26H42O9.Na/c1-16(13-23(30)33-11-9-7-5-4-6-8-10-22(28)29)12-20-25(32)24(31)19(15-34-20)14-21-26(35-21)17(2)18(3)27;/h4,6,13,17-21,24-27,31-32H,5,7-12,14-15H2,1-3H3,(H,28,29);/b6-4+,16-13+;/t17-,18-,19-,20-,21-,24+,25-,26-;/m0./s1. The number of rotatable bonds is 15. The summed E-state index contributed by atoms with van der Waals surface area (Å²) in [6.45, 7) is 6.01. The van der Waals surface area contributed by atoms with Crippen LogP contribution in [0.1, 0.15) is 65.7 Å². The van der Waals surface area contributed by atoms with Crippen molar-refractivity contribution in [3.63, 3.8) is 0 Å². The number of allylic oxidation sites excluding steroid dienone is 2. The van der Waals surface area contributed by atoms with Gasteiger partial charge in [-0.25, -0.2) is 4.79 Å². The van der Waals surface area contributed by atoms with Crippen molar-refractivity contribution in [2.45, 2.75) is 102 Å². The van der Waals surface area contributed by atoms with E-state index in [4.69, 9.17) is 19.3 Å². The van der Waals surface area contributed by atoms with Crippen molar-refractivity contribution in [3.05, 3.63) is 23.8 Å². The predicted octanol–water partition coefficient (Wildman–Crippen LogP) is 1.99. The molecule has 0 unspecified atom stereocenters.